The van der Waals surface area contributed by atoms with Crippen LogP contribution in [-0.4, -0.2) is 18.1 Å². The highest BCUT2D eigenvalue weighted by Crippen LogP contribution is 2.37. The zero-order valence-electron chi connectivity index (χ0n) is 12.8. The number of hydrogen-bond donors (Lipinski definition) is 1. The summed E-state index contributed by atoms with van der Waals surface area (Å²) in [4.78, 5) is 10.3. The zero-order valence-corrected chi connectivity index (χ0v) is 14.4. The summed E-state index contributed by atoms with van der Waals surface area (Å²) in [6.45, 7) is 7.40. The fraction of sp³-hybridized carbons (Fsp3) is 0.562. The fourth-order valence-electron chi connectivity index (χ4n) is 2.89. The van der Waals surface area contributed by atoms with E-state index in [0.717, 1.165) is 19.6 Å². The Kier molecular flexibility index (Phi) is 4.93. The summed E-state index contributed by atoms with van der Waals surface area (Å²) >= 11 is 3.73. The van der Waals surface area contributed by atoms with E-state index in [2.05, 4.69) is 41.6 Å². The third-order valence-corrected chi connectivity index (χ3v) is 6.03. The number of thiophene rings is 1. The maximum Gasteiger partial charge on any atom is 0.186 e. The molecule has 0 radical (unpaired) electrons. The first-order valence-corrected chi connectivity index (χ1v) is 9.51. The Morgan fingerprint density at radius 1 is 1.43 bits per heavy atom. The van der Waals surface area contributed by atoms with Gasteiger partial charge in [-0.3, -0.25) is 0 Å². The molecule has 0 fully saturated rings. The molecule has 3 nitrogen and oxygen atoms in total. The van der Waals surface area contributed by atoms with Crippen molar-refractivity contribution in [2.24, 2.45) is 0 Å². The second-order valence-electron chi connectivity index (χ2n) is 5.40. The van der Waals surface area contributed by atoms with Crippen LogP contribution in [0.2, 0.25) is 0 Å². The van der Waals surface area contributed by atoms with Crippen LogP contribution in [0.15, 0.2) is 17.5 Å². The lowest BCUT2D eigenvalue weighted by molar-refractivity contribution is 0.465. The summed E-state index contributed by atoms with van der Waals surface area (Å²) in [5, 5.41) is 6.93. The van der Waals surface area contributed by atoms with Crippen LogP contribution in [0.5, 0.6) is 0 Å². The van der Waals surface area contributed by atoms with Crippen molar-refractivity contribution >= 4 is 27.8 Å². The van der Waals surface area contributed by atoms with Gasteiger partial charge in [0.1, 0.15) is 0 Å². The SMILES string of the molecule is CCNC1CCCc2sc(N(CC)Cc3cccs3)nc21. The van der Waals surface area contributed by atoms with Gasteiger partial charge in [0.05, 0.1) is 18.3 Å². The number of nitrogens with zero attached hydrogens (tertiary/aromatic N) is 2. The van der Waals surface area contributed by atoms with Gasteiger partial charge in [-0.05, 0) is 44.2 Å². The molecule has 3 rings (SSSR count). The Bertz CT molecular complexity index is 562. The largest absolute Gasteiger partial charge is 0.343 e. The van der Waals surface area contributed by atoms with E-state index in [4.69, 9.17) is 4.98 Å². The van der Waals surface area contributed by atoms with E-state index in [1.165, 1.54) is 39.8 Å². The lowest BCUT2D eigenvalue weighted by Gasteiger charge is -2.21. The monoisotopic (exact) mass is 321 g/mol. The number of aromatic nitrogens is 1. The van der Waals surface area contributed by atoms with Gasteiger partial charge in [-0.2, -0.15) is 0 Å². The molecule has 2 heterocycles. The molecule has 0 aromatic carbocycles. The van der Waals surface area contributed by atoms with Gasteiger partial charge in [0, 0.05) is 16.3 Å². The molecule has 2 aromatic heterocycles. The average Bonchev–Trinajstić information content (AvgIpc) is 3.14. The van der Waals surface area contributed by atoms with Gasteiger partial charge in [-0.15, -0.1) is 22.7 Å². The van der Waals surface area contributed by atoms with E-state index in [0.29, 0.717) is 6.04 Å². The van der Waals surface area contributed by atoms with Crippen molar-refractivity contribution < 1.29 is 0 Å². The number of aryl methyl sites for hydroxylation is 1. The number of anilines is 1. The molecule has 1 aliphatic carbocycles. The van der Waals surface area contributed by atoms with E-state index in [-0.39, 0.29) is 0 Å². The normalized spacial score (nSPS) is 17.7. The van der Waals surface area contributed by atoms with Gasteiger partial charge in [-0.25, -0.2) is 4.98 Å². The van der Waals surface area contributed by atoms with E-state index in [1.54, 1.807) is 0 Å². The molecule has 1 atom stereocenters. The Morgan fingerprint density at radius 3 is 3.05 bits per heavy atom. The lowest BCUT2D eigenvalue weighted by Crippen LogP contribution is -2.25. The molecule has 0 aliphatic heterocycles. The van der Waals surface area contributed by atoms with Crippen molar-refractivity contribution in [3.8, 4) is 0 Å². The highest BCUT2D eigenvalue weighted by atomic mass is 32.1. The van der Waals surface area contributed by atoms with Crippen molar-refractivity contribution in [2.75, 3.05) is 18.0 Å². The molecule has 114 valence electrons. The minimum absolute atomic E-state index is 0.462. The van der Waals surface area contributed by atoms with Gasteiger partial charge < -0.3 is 10.2 Å². The summed E-state index contributed by atoms with van der Waals surface area (Å²) in [7, 11) is 0. The topological polar surface area (TPSA) is 28.2 Å². The predicted molar refractivity (Wildman–Crippen MR) is 92.5 cm³/mol. The molecular weight excluding hydrogens is 298 g/mol. The molecule has 0 saturated heterocycles. The average molecular weight is 322 g/mol. The van der Waals surface area contributed by atoms with Gasteiger partial charge >= 0.3 is 0 Å². The minimum atomic E-state index is 0.462. The third-order valence-electron chi connectivity index (χ3n) is 3.97. The standard InChI is InChI=1S/C16H23N3S2/c1-3-17-13-8-5-9-14-15(13)18-16(21-14)19(4-2)11-12-7-6-10-20-12/h6-7,10,13,17H,3-5,8-9,11H2,1-2H3. The van der Waals surface area contributed by atoms with Crippen molar-refractivity contribution in [2.45, 2.75) is 45.7 Å². The van der Waals surface area contributed by atoms with Crippen LogP contribution in [0.3, 0.4) is 0 Å². The quantitative estimate of drug-likeness (QED) is 0.863. The number of fused-ring (bicyclic) bond motifs is 1. The third kappa shape index (κ3) is 3.30. The van der Waals surface area contributed by atoms with E-state index in [9.17, 15) is 0 Å². The number of thiazole rings is 1. The summed E-state index contributed by atoms with van der Waals surface area (Å²) in [5.74, 6) is 0. The van der Waals surface area contributed by atoms with Gasteiger partial charge in [0.15, 0.2) is 5.13 Å². The van der Waals surface area contributed by atoms with Crippen LogP contribution >= 0.6 is 22.7 Å². The fourth-order valence-corrected chi connectivity index (χ4v) is 4.84. The Morgan fingerprint density at radius 2 is 2.33 bits per heavy atom. The molecular formula is C16H23N3S2. The van der Waals surface area contributed by atoms with Gasteiger partial charge in [0.2, 0.25) is 0 Å². The molecule has 1 aliphatic rings. The smallest absolute Gasteiger partial charge is 0.186 e. The zero-order chi connectivity index (χ0) is 14.7. The summed E-state index contributed by atoms with van der Waals surface area (Å²) < 4.78 is 0. The van der Waals surface area contributed by atoms with Crippen molar-refractivity contribution in [3.63, 3.8) is 0 Å². The number of nitrogens with one attached hydrogen (secondary N) is 1. The summed E-state index contributed by atoms with van der Waals surface area (Å²) in [6, 6.07) is 4.80. The second-order valence-corrected chi connectivity index (χ2v) is 7.50. The predicted octanol–water partition coefficient (Wildman–Crippen LogP) is 4.22. The minimum Gasteiger partial charge on any atom is -0.343 e. The molecule has 0 spiro atoms. The molecule has 0 bridgehead atoms. The second kappa shape index (κ2) is 6.90. The maximum atomic E-state index is 4.99. The van der Waals surface area contributed by atoms with Crippen LogP contribution < -0.4 is 10.2 Å². The van der Waals surface area contributed by atoms with Crippen LogP contribution in [0.25, 0.3) is 0 Å². The molecule has 0 saturated carbocycles. The van der Waals surface area contributed by atoms with Crippen LogP contribution in [-0.2, 0) is 13.0 Å². The van der Waals surface area contributed by atoms with Crippen LogP contribution in [0, 0.1) is 0 Å². The molecule has 5 heteroatoms. The first-order chi connectivity index (χ1) is 10.3. The van der Waals surface area contributed by atoms with Gasteiger partial charge in [-0.1, -0.05) is 13.0 Å². The highest BCUT2D eigenvalue weighted by Gasteiger charge is 2.25. The molecule has 1 N–H and O–H groups in total. The number of hydrogen-bond acceptors (Lipinski definition) is 5. The van der Waals surface area contributed by atoms with Crippen molar-refractivity contribution in [1.29, 1.82) is 0 Å². The van der Waals surface area contributed by atoms with Crippen molar-refractivity contribution in [1.82, 2.24) is 10.3 Å². The Labute approximate surface area is 135 Å². The first-order valence-electron chi connectivity index (χ1n) is 7.82. The highest BCUT2D eigenvalue weighted by molar-refractivity contribution is 7.15. The maximum absolute atomic E-state index is 4.99. The van der Waals surface area contributed by atoms with Crippen molar-refractivity contribution in [3.05, 3.63) is 33.0 Å². The van der Waals surface area contributed by atoms with E-state index >= 15 is 0 Å². The molecule has 2 aromatic rings. The van der Waals surface area contributed by atoms with E-state index < -0.39 is 0 Å². The summed E-state index contributed by atoms with van der Waals surface area (Å²) in [5.41, 5.74) is 1.31. The van der Waals surface area contributed by atoms with Crippen LogP contribution in [0.1, 0.15) is 48.2 Å². The number of rotatable bonds is 6. The Balaban J connectivity index is 1.81. The van der Waals surface area contributed by atoms with Gasteiger partial charge in [0.25, 0.3) is 0 Å². The Hall–Kier alpha value is -0.910. The summed E-state index contributed by atoms with van der Waals surface area (Å²) in [6.07, 6.45) is 3.70. The molecule has 1 unspecified atom stereocenters. The molecule has 21 heavy (non-hydrogen) atoms. The first kappa shape index (κ1) is 15.0. The van der Waals surface area contributed by atoms with E-state index in [1.807, 2.05) is 22.7 Å². The lowest BCUT2D eigenvalue weighted by atomic mass is 9.98. The molecule has 0 amide bonds. The van der Waals surface area contributed by atoms with Crippen LogP contribution in [0.4, 0.5) is 5.13 Å².